The van der Waals surface area contributed by atoms with Gasteiger partial charge in [-0.25, -0.2) is 4.79 Å². The fraction of sp³-hybridized carbons (Fsp3) is 0.900. The number of carbonyl (C=O) groups is 1. The second-order valence-corrected chi connectivity index (χ2v) is 4.77. The molecule has 0 N–H and O–H groups in total. The van der Waals surface area contributed by atoms with Crippen LogP contribution in [0.3, 0.4) is 0 Å². The highest BCUT2D eigenvalue weighted by Crippen LogP contribution is 2.06. The molecule has 0 amide bonds. The lowest BCUT2D eigenvalue weighted by molar-refractivity contribution is -0.160. The molecule has 0 fully saturated rings. The summed E-state index contributed by atoms with van der Waals surface area (Å²) in [6.07, 6.45) is 1.96. The van der Waals surface area contributed by atoms with Gasteiger partial charge in [0, 0.05) is 0 Å². The van der Waals surface area contributed by atoms with Crippen LogP contribution in [0.4, 0.5) is 0 Å². The number of hydrogen-bond acceptors (Lipinski definition) is 5. The molecule has 0 aliphatic carbocycles. The van der Waals surface area contributed by atoms with Crippen molar-refractivity contribution in [2.75, 3.05) is 32.0 Å². The number of hydrogen-bond donors (Lipinski definition) is 0. The molecule has 0 rings (SSSR count). The monoisotopic (exact) mass is 236 g/mol. The largest absolute Gasteiger partial charge is 0.458 e. The number of ether oxygens (including phenoxy) is 3. The van der Waals surface area contributed by atoms with Gasteiger partial charge in [0.2, 0.25) is 0 Å². The molecule has 0 aliphatic heterocycles. The SMILES string of the molecule is CSCOCCOCC(=O)OC(C)(C)C. The second kappa shape index (κ2) is 7.96. The van der Waals surface area contributed by atoms with E-state index in [4.69, 9.17) is 14.2 Å². The van der Waals surface area contributed by atoms with E-state index >= 15 is 0 Å². The fourth-order valence-electron chi connectivity index (χ4n) is 0.787. The quantitative estimate of drug-likeness (QED) is 0.382. The molecule has 0 aromatic rings. The Morgan fingerprint density at radius 3 is 2.33 bits per heavy atom. The van der Waals surface area contributed by atoms with E-state index in [1.165, 1.54) is 0 Å². The standard InChI is InChI=1S/C10H20O4S/c1-10(2,3)14-9(11)7-12-5-6-13-8-15-4/h5-8H2,1-4H3. The molecule has 90 valence electrons. The smallest absolute Gasteiger partial charge is 0.332 e. The van der Waals surface area contributed by atoms with Crippen LogP contribution in [0.25, 0.3) is 0 Å². The van der Waals surface area contributed by atoms with Crippen LogP contribution in [0.5, 0.6) is 0 Å². The average molecular weight is 236 g/mol. The Hall–Kier alpha value is -0.260. The summed E-state index contributed by atoms with van der Waals surface area (Å²) < 4.78 is 15.3. The first-order valence-electron chi connectivity index (χ1n) is 4.82. The van der Waals surface area contributed by atoms with Crippen LogP contribution >= 0.6 is 11.8 Å². The third-order valence-electron chi connectivity index (χ3n) is 1.21. The maximum absolute atomic E-state index is 11.2. The van der Waals surface area contributed by atoms with Crippen molar-refractivity contribution in [3.8, 4) is 0 Å². The summed E-state index contributed by atoms with van der Waals surface area (Å²) in [7, 11) is 0. The van der Waals surface area contributed by atoms with Gasteiger partial charge in [0.15, 0.2) is 0 Å². The molecule has 0 aromatic heterocycles. The number of carbonyl (C=O) groups excluding carboxylic acids is 1. The van der Waals surface area contributed by atoms with Crippen LogP contribution in [-0.2, 0) is 19.0 Å². The highest BCUT2D eigenvalue weighted by molar-refractivity contribution is 7.98. The minimum atomic E-state index is -0.449. The van der Waals surface area contributed by atoms with E-state index in [-0.39, 0.29) is 12.6 Å². The Balaban J connectivity index is 3.32. The van der Waals surface area contributed by atoms with Crippen LogP contribution < -0.4 is 0 Å². The first-order valence-corrected chi connectivity index (χ1v) is 6.21. The van der Waals surface area contributed by atoms with Crippen molar-refractivity contribution in [1.29, 1.82) is 0 Å². The van der Waals surface area contributed by atoms with Gasteiger partial charge in [-0.2, -0.15) is 0 Å². The predicted octanol–water partition coefficient (Wildman–Crippen LogP) is 1.68. The normalized spacial score (nSPS) is 11.5. The lowest BCUT2D eigenvalue weighted by Crippen LogP contribution is -2.26. The Kier molecular flexibility index (Phi) is 7.82. The summed E-state index contributed by atoms with van der Waals surface area (Å²) in [4.78, 5) is 11.2. The van der Waals surface area contributed by atoms with Gasteiger partial charge >= 0.3 is 5.97 Å². The molecule has 0 aliphatic rings. The van der Waals surface area contributed by atoms with E-state index in [1.807, 2.05) is 27.0 Å². The number of esters is 1. The van der Waals surface area contributed by atoms with E-state index in [0.29, 0.717) is 19.2 Å². The third-order valence-corrected chi connectivity index (χ3v) is 1.62. The van der Waals surface area contributed by atoms with Crippen molar-refractivity contribution in [2.45, 2.75) is 26.4 Å². The van der Waals surface area contributed by atoms with Gasteiger partial charge in [0.05, 0.1) is 19.2 Å². The summed E-state index contributed by atoms with van der Waals surface area (Å²) in [6.45, 7) is 6.38. The summed E-state index contributed by atoms with van der Waals surface area (Å²) in [5, 5.41) is 0. The maximum atomic E-state index is 11.2. The highest BCUT2D eigenvalue weighted by Gasteiger charge is 2.15. The maximum Gasteiger partial charge on any atom is 0.332 e. The average Bonchev–Trinajstić information content (AvgIpc) is 2.08. The molecule has 15 heavy (non-hydrogen) atoms. The van der Waals surface area contributed by atoms with Gasteiger partial charge in [-0.1, -0.05) is 0 Å². The zero-order chi connectivity index (χ0) is 11.7. The first kappa shape index (κ1) is 14.7. The molecule has 0 spiro atoms. The predicted molar refractivity (Wildman–Crippen MR) is 61.0 cm³/mol. The van der Waals surface area contributed by atoms with Crippen molar-refractivity contribution in [2.24, 2.45) is 0 Å². The molecule has 0 saturated carbocycles. The molecular formula is C10H20O4S. The summed E-state index contributed by atoms with van der Waals surface area (Å²) in [5.74, 6) is 0.308. The number of rotatable bonds is 7. The fourth-order valence-corrected chi connectivity index (χ4v) is 1.07. The van der Waals surface area contributed by atoms with Gasteiger partial charge in [0.1, 0.15) is 12.2 Å². The Bertz CT molecular complexity index is 177. The topological polar surface area (TPSA) is 44.8 Å². The van der Waals surface area contributed by atoms with Crippen LogP contribution in [-0.4, -0.2) is 43.6 Å². The molecule has 0 atom stereocenters. The van der Waals surface area contributed by atoms with Gasteiger partial charge in [-0.3, -0.25) is 0 Å². The molecule has 0 heterocycles. The Labute approximate surface area is 95.6 Å². The van der Waals surface area contributed by atoms with Crippen LogP contribution in [0, 0.1) is 0 Å². The minimum Gasteiger partial charge on any atom is -0.458 e. The molecule has 5 heteroatoms. The molecule has 0 saturated heterocycles. The first-order chi connectivity index (χ1) is 6.95. The van der Waals surface area contributed by atoms with Crippen LogP contribution in [0.15, 0.2) is 0 Å². The summed E-state index contributed by atoms with van der Waals surface area (Å²) in [5.41, 5.74) is -0.449. The van der Waals surface area contributed by atoms with Gasteiger partial charge in [-0.15, -0.1) is 11.8 Å². The molecule has 4 nitrogen and oxygen atoms in total. The van der Waals surface area contributed by atoms with E-state index in [9.17, 15) is 4.79 Å². The third kappa shape index (κ3) is 11.7. The van der Waals surface area contributed by atoms with E-state index in [1.54, 1.807) is 11.8 Å². The zero-order valence-electron chi connectivity index (χ0n) is 9.87. The number of thioether (sulfide) groups is 1. The van der Waals surface area contributed by atoms with Crippen LogP contribution in [0.1, 0.15) is 20.8 Å². The van der Waals surface area contributed by atoms with Crippen LogP contribution in [0.2, 0.25) is 0 Å². The molecule has 0 aromatic carbocycles. The Morgan fingerprint density at radius 1 is 1.20 bits per heavy atom. The van der Waals surface area contributed by atoms with Crippen molar-refractivity contribution < 1.29 is 19.0 Å². The molecule has 0 unspecified atom stereocenters. The zero-order valence-corrected chi connectivity index (χ0v) is 10.7. The molecule has 0 bridgehead atoms. The minimum absolute atomic E-state index is 0.0140. The molecular weight excluding hydrogens is 216 g/mol. The van der Waals surface area contributed by atoms with Gasteiger partial charge in [-0.05, 0) is 27.0 Å². The van der Waals surface area contributed by atoms with Crippen molar-refractivity contribution in [3.05, 3.63) is 0 Å². The van der Waals surface area contributed by atoms with Gasteiger partial charge in [0.25, 0.3) is 0 Å². The second-order valence-electron chi connectivity index (χ2n) is 3.95. The lowest BCUT2D eigenvalue weighted by atomic mass is 10.2. The van der Waals surface area contributed by atoms with E-state index < -0.39 is 5.60 Å². The summed E-state index contributed by atoms with van der Waals surface area (Å²) >= 11 is 1.60. The molecule has 0 radical (unpaired) electrons. The van der Waals surface area contributed by atoms with E-state index in [2.05, 4.69) is 0 Å². The van der Waals surface area contributed by atoms with Crippen molar-refractivity contribution >= 4 is 17.7 Å². The lowest BCUT2D eigenvalue weighted by Gasteiger charge is -2.19. The van der Waals surface area contributed by atoms with Crippen molar-refractivity contribution in [3.63, 3.8) is 0 Å². The Morgan fingerprint density at radius 2 is 1.80 bits per heavy atom. The summed E-state index contributed by atoms with van der Waals surface area (Å²) in [6, 6.07) is 0. The highest BCUT2D eigenvalue weighted by atomic mass is 32.2. The van der Waals surface area contributed by atoms with Crippen molar-refractivity contribution in [1.82, 2.24) is 0 Å². The van der Waals surface area contributed by atoms with Gasteiger partial charge < -0.3 is 14.2 Å². The van der Waals surface area contributed by atoms with E-state index in [0.717, 1.165) is 0 Å².